The maximum atomic E-state index is 14.8. The molecule has 4 N–H and O–H groups in total. The van der Waals surface area contributed by atoms with Crippen molar-refractivity contribution >= 4 is 39.8 Å². The van der Waals surface area contributed by atoms with E-state index in [1.807, 2.05) is 13.0 Å². The molecule has 0 radical (unpaired) electrons. The third-order valence-electron chi connectivity index (χ3n) is 15.5. The molecule has 1 aromatic rings. The van der Waals surface area contributed by atoms with Crippen molar-refractivity contribution in [1.29, 1.82) is 0 Å². The van der Waals surface area contributed by atoms with Gasteiger partial charge in [0.2, 0.25) is 0 Å². The van der Waals surface area contributed by atoms with E-state index in [-0.39, 0.29) is 48.2 Å². The molecule has 1 spiro atoms. The Morgan fingerprint density at radius 3 is 2.39 bits per heavy atom. The minimum absolute atomic E-state index is 0.00628. The van der Waals surface area contributed by atoms with Gasteiger partial charge in [0.05, 0.1) is 36.9 Å². The molecule has 2 saturated heterocycles. The molecule has 67 heavy (non-hydrogen) atoms. The lowest BCUT2D eigenvalue weighted by Gasteiger charge is -2.51. The van der Waals surface area contributed by atoms with E-state index in [4.69, 9.17) is 37.9 Å². The van der Waals surface area contributed by atoms with Gasteiger partial charge >= 0.3 is 23.9 Å². The second kappa shape index (κ2) is 19.7. The molecule has 8 rings (SSSR count). The molecule has 3 aliphatic carbocycles. The number of carbonyl (C=O) groups excluding carboxylic acids is 3. The predicted molar refractivity (Wildman–Crippen MR) is 241 cm³/mol. The number of aliphatic hydroxyl groups excluding tert-OH is 3. The zero-order chi connectivity index (χ0) is 48.1. The number of methoxy groups -OCH3 is 1. The van der Waals surface area contributed by atoms with Crippen molar-refractivity contribution in [1.82, 2.24) is 0 Å². The Hall–Kier alpha value is -4.10. The Labute approximate surface area is 398 Å². The van der Waals surface area contributed by atoms with Crippen molar-refractivity contribution in [3.05, 3.63) is 75.2 Å². The number of hydrogen-bond acceptors (Lipinski definition) is 15. The number of esters is 3. The molecule has 7 aliphatic rings. The minimum atomic E-state index is -1.62. The van der Waals surface area contributed by atoms with Crippen LogP contribution in [0.4, 0.5) is 0 Å². The number of rotatable bonds is 8. The molecule has 1 aromatic carbocycles. The van der Waals surface area contributed by atoms with Crippen LogP contribution in [0.25, 0.3) is 0 Å². The third-order valence-corrected chi connectivity index (χ3v) is 16.3. The molecular weight excluding hydrogens is 936 g/mol. The average molecular weight is 1000 g/mol. The molecule has 3 fully saturated rings. The van der Waals surface area contributed by atoms with Gasteiger partial charge in [0.15, 0.2) is 23.9 Å². The van der Waals surface area contributed by atoms with Crippen LogP contribution in [0.15, 0.2) is 64.1 Å². The van der Waals surface area contributed by atoms with Gasteiger partial charge in [0.1, 0.15) is 29.6 Å². The van der Waals surface area contributed by atoms with Gasteiger partial charge in [-0.15, -0.1) is 0 Å². The second-order valence-corrected chi connectivity index (χ2v) is 20.4. The third kappa shape index (κ3) is 9.26. The summed E-state index contributed by atoms with van der Waals surface area (Å²) in [7, 11) is 1.46. The number of carboxylic acid groups (broad SMARTS) is 1. The normalized spacial score (nSPS) is 40.0. The number of hydrogen-bond donors (Lipinski definition) is 4. The number of ether oxygens (including phenoxy) is 8. The summed E-state index contributed by atoms with van der Waals surface area (Å²) in [5.41, 5.74) is -1.75. The van der Waals surface area contributed by atoms with E-state index in [1.54, 1.807) is 45.9 Å². The first kappa shape index (κ1) is 49.3. The van der Waals surface area contributed by atoms with Gasteiger partial charge in [-0.05, 0) is 95.2 Å². The van der Waals surface area contributed by atoms with Crippen LogP contribution in [-0.4, -0.2) is 112 Å². The highest BCUT2D eigenvalue weighted by atomic mass is 79.9. The van der Waals surface area contributed by atoms with Crippen molar-refractivity contribution in [3.63, 3.8) is 0 Å². The first-order valence-corrected chi connectivity index (χ1v) is 24.4. The molecule has 0 amide bonds. The molecule has 366 valence electrons. The fourth-order valence-corrected chi connectivity index (χ4v) is 12.0. The number of carboxylic acids is 1. The van der Waals surface area contributed by atoms with Gasteiger partial charge in [0.25, 0.3) is 5.76 Å². The fourth-order valence-electron chi connectivity index (χ4n) is 11.7. The van der Waals surface area contributed by atoms with Crippen molar-refractivity contribution in [2.24, 2.45) is 35.0 Å². The topological polar surface area (TPSA) is 223 Å². The van der Waals surface area contributed by atoms with Crippen LogP contribution in [0.5, 0.6) is 5.75 Å². The number of benzene rings is 1. The van der Waals surface area contributed by atoms with Gasteiger partial charge in [-0.25, -0.2) is 14.4 Å². The van der Waals surface area contributed by atoms with E-state index in [0.717, 1.165) is 19.3 Å². The van der Waals surface area contributed by atoms with E-state index in [1.165, 1.54) is 13.2 Å². The number of aliphatic hydroxyl groups is 3. The van der Waals surface area contributed by atoms with Crippen LogP contribution in [0.3, 0.4) is 0 Å². The van der Waals surface area contributed by atoms with E-state index in [0.29, 0.717) is 41.5 Å². The second-order valence-electron chi connectivity index (χ2n) is 19.5. The lowest BCUT2D eigenvalue weighted by Crippen LogP contribution is -2.56. The number of carbonyl (C=O) groups is 4. The summed E-state index contributed by atoms with van der Waals surface area (Å²) in [6, 6.07) is 3.42. The maximum Gasteiger partial charge on any atom is 0.379 e. The van der Waals surface area contributed by atoms with Crippen LogP contribution in [0, 0.1) is 41.9 Å². The number of allylic oxidation sites excluding steroid dienone is 2. The summed E-state index contributed by atoms with van der Waals surface area (Å²) in [6.45, 7) is 8.74. The molecule has 4 heterocycles. The van der Waals surface area contributed by atoms with Gasteiger partial charge in [-0.3, -0.25) is 4.79 Å². The fraction of sp³-hybridized carbons (Fsp3) is 0.640. The molecule has 16 nitrogen and oxygen atoms in total. The van der Waals surface area contributed by atoms with E-state index < -0.39 is 114 Å². The summed E-state index contributed by atoms with van der Waals surface area (Å²) in [5.74, 6) is -6.30. The molecule has 0 aromatic heterocycles. The standard InChI is InChI=1S/C50H63BrO16/c1-24-23-50-29(20-31(24)45(55)56)13-10-8-7-9-12-28-16-17-30-32(49(28,5)48(59)66-43(44(50)54)47(58)67-50)14-11-15-35(30)63-38-21-34(52)42(27(4)62-38)65-39-22-37(41(53)26(3)61-39)64-46(57)40-25(2)33(51)18-19-36(40)60-6/h10,13,16-20,24,26-30,32,34-35,37-39,41-42,52-54H,7-9,11-12,14-15,21-23H2,1-6H3,(H,55,56)/t24-,26-,27-,28?,29-,30+,32-,34+,35-,37+,38+,39+,41-,42-,49-,50+/m1/s1. The Morgan fingerprint density at radius 1 is 0.910 bits per heavy atom. The van der Waals surface area contributed by atoms with Crippen LogP contribution in [0.2, 0.25) is 0 Å². The minimum Gasteiger partial charge on any atom is -0.505 e. The predicted octanol–water partition coefficient (Wildman–Crippen LogP) is 7.07. The highest BCUT2D eigenvalue weighted by Crippen LogP contribution is 2.55. The Morgan fingerprint density at radius 2 is 1.66 bits per heavy atom. The zero-order valence-corrected chi connectivity index (χ0v) is 40.3. The van der Waals surface area contributed by atoms with Crippen LogP contribution >= 0.6 is 15.9 Å². The van der Waals surface area contributed by atoms with Crippen molar-refractivity contribution in [2.75, 3.05) is 7.11 Å². The Balaban J connectivity index is 0.952. The van der Waals surface area contributed by atoms with Crippen LogP contribution in [-0.2, 0) is 47.5 Å². The van der Waals surface area contributed by atoms with E-state index in [9.17, 15) is 39.6 Å². The Bertz CT molecular complexity index is 2210. The summed E-state index contributed by atoms with van der Waals surface area (Å²) in [6.07, 6.45) is 6.73. The van der Waals surface area contributed by atoms with Crippen LogP contribution in [0.1, 0.15) is 108 Å². The largest absolute Gasteiger partial charge is 0.505 e. The first-order chi connectivity index (χ1) is 31.9. The van der Waals surface area contributed by atoms with Crippen molar-refractivity contribution < 1.29 is 77.5 Å². The lowest BCUT2D eigenvalue weighted by molar-refractivity contribution is -0.318. The smallest absolute Gasteiger partial charge is 0.379 e. The van der Waals surface area contributed by atoms with Crippen molar-refractivity contribution in [2.45, 2.75) is 160 Å². The highest BCUT2D eigenvalue weighted by molar-refractivity contribution is 9.10. The molecule has 1 saturated carbocycles. The summed E-state index contributed by atoms with van der Waals surface area (Å²) in [5, 5.41) is 44.3. The zero-order valence-electron chi connectivity index (χ0n) is 38.8. The maximum absolute atomic E-state index is 14.8. The summed E-state index contributed by atoms with van der Waals surface area (Å²) >= 11 is 3.45. The summed E-state index contributed by atoms with van der Waals surface area (Å²) < 4.78 is 49.3. The van der Waals surface area contributed by atoms with E-state index in [2.05, 4.69) is 28.1 Å². The molecule has 1 unspecified atom stereocenters. The average Bonchev–Trinajstić information content (AvgIpc) is 3.50. The number of aliphatic carboxylic acids is 1. The number of halogens is 1. The highest BCUT2D eigenvalue weighted by Gasteiger charge is 2.60. The summed E-state index contributed by atoms with van der Waals surface area (Å²) in [4.78, 5) is 54.0. The van der Waals surface area contributed by atoms with E-state index >= 15 is 0 Å². The first-order valence-electron chi connectivity index (χ1n) is 23.6. The monoisotopic (exact) mass is 998 g/mol. The SMILES string of the molecule is COc1ccc(Br)c(C)c1C(=O)O[C@H]1C[C@H](O[C@H]2[C@@H](O)C[C@H](O[C@@H]3CCC[C@@H]4[C@@H]3C=CC3CCCCC=C[C@@H]5C=C(C(=O)O)[C@H](C)C[C@]56OC(=O)C(=C6O)OC(=O)[C@]34C)O[C@@H]2C)O[C@H](C)[C@H]1O. The lowest BCUT2D eigenvalue weighted by atomic mass is 9.55. The van der Waals surface area contributed by atoms with Gasteiger partial charge in [0, 0.05) is 41.1 Å². The molecule has 2 bridgehead atoms. The van der Waals surface area contributed by atoms with Gasteiger partial charge < -0.3 is 58.3 Å². The van der Waals surface area contributed by atoms with Crippen molar-refractivity contribution in [3.8, 4) is 5.75 Å². The molecule has 16 atom stereocenters. The molecule has 4 aliphatic heterocycles. The number of fused-ring (bicyclic) bond motifs is 3. The molecule has 17 heteroatoms. The molecular formula is C50H63BrO16. The van der Waals surface area contributed by atoms with Gasteiger partial charge in [-0.2, -0.15) is 0 Å². The quantitative estimate of drug-likeness (QED) is 0.116. The van der Waals surface area contributed by atoms with Crippen LogP contribution < -0.4 is 4.74 Å². The van der Waals surface area contributed by atoms with Gasteiger partial charge in [-0.1, -0.05) is 66.1 Å². The Kier molecular flexibility index (Phi) is 14.5.